The summed E-state index contributed by atoms with van der Waals surface area (Å²) in [4.78, 5) is 0. The van der Waals surface area contributed by atoms with Crippen LogP contribution < -0.4 is 0 Å². The first-order valence-corrected chi connectivity index (χ1v) is 5.44. The molecule has 0 aliphatic carbocycles. The fourth-order valence-electron chi connectivity index (χ4n) is 1.08. The van der Waals surface area contributed by atoms with Crippen LogP contribution in [0.4, 0.5) is 0 Å². The van der Waals surface area contributed by atoms with Crippen LogP contribution in [0.2, 0.25) is 0 Å². The van der Waals surface area contributed by atoms with E-state index >= 15 is 0 Å². The molecule has 0 aromatic rings. The van der Waals surface area contributed by atoms with E-state index in [9.17, 15) is 0 Å². The molecule has 0 aromatic heterocycles. The summed E-state index contributed by atoms with van der Waals surface area (Å²) in [6, 6.07) is 0. The van der Waals surface area contributed by atoms with Crippen LogP contribution in [0.25, 0.3) is 0 Å². The summed E-state index contributed by atoms with van der Waals surface area (Å²) < 4.78 is 15.5. The molecule has 0 amide bonds. The van der Waals surface area contributed by atoms with Gasteiger partial charge in [-0.1, -0.05) is 0 Å². The van der Waals surface area contributed by atoms with Gasteiger partial charge in [0.1, 0.15) is 0 Å². The molecule has 1 atom stereocenters. The standard InChI is InChI=1S/C10H22O6/c11-2-1-10(9-15-6-4-13)16-8-7-14-5-3-12/h10-13H,1-9H2. The van der Waals surface area contributed by atoms with E-state index in [1.54, 1.807) is 0 Å². The summed E-state index contributed by atoms with van der Waals surface area (Å²) in [6.07, 6.45) is 0.306. The summed E-state index contributed by atoms with van der Waals surface area (Å²) in [5.74, 6) is 0. The lowest BCUT2D eigenvalue weighted by Crippen LogP contribution is -2.24. The summed E-state index contributed by atoms with van der Waals surface area (Å²) in [6.45, 7) is 1.73. The molecule has 0 rings (SSSR count). The van der Waals surface area contributed by atoms with E-state index in [0.717, 1.165) is 0 Å². The quantitative estimate of drug-likeness (QED) is 0.369. The molecule has 3 N–H and O–H groups in total. The number of ether oxygens (including phenoxy) is 3. The first-order chi connectivity index (χ1) is 7.85. The zero-order chi connectivity index (χ0) is 12.1. The Kier molecular flexibility index (Phi) is 12.6. The predicted octanol–water partition coefficient (Wildman–Crippen LogP) is -1.23. The third-order valence-corrected chi connectivity index (χ3v) is 1.81. The number of aliphatic hydroxyl groups excluding tert-OH is 3. The van der Waals surface area contributed by atoms with Gasteiger partial charge in [0, 0.05) is 6.61 Å². The molecular formula is C10H22O6. The maximum atomic E-state index is 8.78. The van der Waals surface area contributed by atoms with Crippen molar-refractivity contribution in [2.75, 3.05) is 52.9 Å². The molecular weight excluding hydrogens is 216 g/mol. The molecule has 0 aromatic carbocycles. The fraction of sp³-hybridized carbons (Fsp3) is 1.00. The van der Waals surface area contributed by atoms with Gasteiger partial charge >= 0.3 is 0 Å². The van der Waals surface area contributed by atoms with Gasteiger partial charge < -0.3 is 29.5 Å². The van der Waals surface area contributed by atoms with Crippen LogP contribution in [0.1, 0.15) is 6.42 Å². The number of rotatable bonds is 12. The molecule has 0 fully saturated rings. The smallest absolute Gasteiger partial charge is 0.0831 e. The van der Waals surface area contributed by atoms with Gasteiger partial charge in [0.2, 0.25) is 0 Å². The highest BCUT2D eigenvalue weighted by molar-refractivity contribution is 4.56. The molecule has 0 saturated carbocycles. The van der Waals surface area contributed by atoms with Crippen LogP contribution in [-0.2, 0) is 14.2 Å². The lowest BCUT2D eigenvalue weighted by Gasteiger charge is -2.16. The highest BCUT2D eigenvalue weighted by atomic mass is 16.6. The van der Waals surface area contributed by atoms with E-state index in [1.165, 1.54) is 0 Å². The lowest BCUT2D eigenvalue weighted by atomic mass is 10.3. The van der Waals surface area contributed by atoms with Crippen LogP contribution in [0.5, 0.6) is 0 Å². The van der Waals surface area contributed by atoms with Crippen molar-refractivity contribution in [2.45, 2.75) is 12.5 Å². The van der Waals surface area contributed by atoms with Crippen molar-refractivity contribution in [1.29, 1.82) is 0 Å². The topological polar surface area (TPSA) is 88.4 Å². The molecule has 16 heavy (non-hydrogen) atoms. The van der Waals surface area contributed by atoms with Crippen molar-refractivity contribution in [2.24, 2.45) is 0 Å². The molecule has 0 aliphatic heterocycles. The molecule has 0 saturated heterocycles. The van der Waals surface area contributed by atoms with Gasteiger partial charge in [0.15, 0.2) is 0 Å². The van der Waals surface area contributed by atoms with Crippen LogP contribution in [0.15, 0.2) is 0 Å². The van der Waals surface area contributed by atoms with E-state index in [2.05, 4.69) is 0 Å². The number of hydrogen-bond donors (Lipinski definition) is 3. The largest absolute Gasteiger partial charge is 0.396 e. The van der Waals surface area contributed by atoms with E-state index in [-0.39, 0.29) is 32.5 Å². The maximum absolute atomic E-state index is 8.78. The Morgan fingerprint density at radius 1 is 0.750 bits per heavy atom. The molecule has 6 heteroatoms. The van der Waals surface area contributed by atoms with Gasteiger partial charge in [-0.2, -0.15) is 0 Å². The van der Waals surface area contributed by atoms with Crippen LogP contribution in [0, 0.1) is 0 Å². The SMILES string of the molecule is OCCOCCOC(CCO)COCCO. The minimum atomic E-state index is -0.186. The zero-order valence-electron chi connectivity index (χ0n) is 9.51. The molecule has 0 spiro atoms. The van der Waals surface area contributed by atoms with E-state index in [1.807, 2.05) is 0 Å². The Bertz CT molecular complexity index is 132. The van der Waals surface area contributed by atoms with Gasteiger partial charge in [-0.05, 0) is 6.42 Å². The molecule has 0 radical (unpaired) electrons. The summed E-state index contributed by atoms with van der Waals surface area (Å²) in [7, 11) is 0. The van der Waals surface area contributed by atoms with Crippen molar-refractivity contribution in [3.63, 3.8) is 0 Å². The maximum Gasteiger partial charge on any atom is 0.0831 e. The monoisotopic (exact) mass is 238 g/mol. The Hall–Kier alpha value is -0.240. The highest BCUT2D eigenvalue weighted by Crippen LogP contribution is 1.99. The molecule has 1 unspecified atom stereocenters. The van der Waals surface area contributed by atoms with Crippen molar-refractivity contribution in [3.05, 3.63) is 0 Å². The van der Waals surface area contributed by atoms with Gasteiger partial charge in [-0.3, -0.25) is 0 Å². The second-order valence-corrected chi connectivity index (χ2v) is 3.14. The molecule has 0 bridgehead atoms. The predicted molar refractivity (Wildman–Crippen MR) is 57.3 cm³/mol. The second-order valence-electron chi connectivity index (χ2n) is 3.14. The molecule has 0 heterocycles. The minimum absolute atomic E-state index is 0.000318. The summed E-state index contributed by atoms with van der Waals surface area (Å²) >= 11 is 0. The molecule has 98 valence electrons. The van der Waals surface area contributed by atoms with Crippen molar-refractivity contribution < 1.29 is 29.5 Å². The van der Waals surface area contributed by atoms with Crippen molar-refractivity contribution in [1.82, 2.24) is 0 Å². The molecule has 6 nitrogen and oxygen atoms in total. The summed E-state index contributed by atoms with van der Waals surface area (Å²) in [5, 5.41) is 25.8. The Morgan fingerprint density at radius 2 is 1.44 bits per heavy atom. The minimum Gasteiger partial charge on any atom is -0.396 e. The third-order valence-electron chi connectivity index (χ3n) is 1.81. The van der Waals surface area contributed by atoms with Crippen molar-refractivity contribution in [3.8, 4) is 0 Å². The number of hydrogen-bond acceptors (Lipinski definition) is 6. The average molecular weight is 238 g/mol. The highest BCUT2D eigenvalue weighted by Gasteiger charge is 2.08. The van der Waals surface area contributed by atoms with Crippen LogP contribution >= 0.6 is 0 Å². The Labute approximate surface area is 95.7 Å². The van der Waals surface area contributed by atoms with Crippen LogP contribution in [-0.4, -0.2) is 74.3 Å². The summed E-state index contributed by atoms with van der Waals surface area (Å²) in [5.41, 5.74) is 0. The van der Waals surface area contributed by atoms with E-state index in [4.69, 9.17) is 29.5 Å². The normalized spacial score (nSPS) is 12.9. The van der Waals surface area contributed by atoms with E-state index in [0.29, 0.717) is 32.8 Å². The van der Waals surface area contributed by atoms with Gasteiger partial charge in [-0.15, -0.1) is 0 Å². The van der Waals surface area contributed by atoms with Crippen molar-refractivity contribution >= 4 is 0 Å². The molecule has 0 aliphatic rings. The average Bonchev–Trinajstić information content (AvgIpc) is 2.29. The number of aliphatic hydroxyl groups is 3. The van der Waals surface area contributed by atoms with Gasteiger partial charge in [0.05, 0.1) is 52.4 Å². The van der Waals surface area contributed by atoms with E-state index < -0.39 is 0 Å². The second kappa shape index (κ2) is 12.8. The fourth-order valence-corrected chi connectivity index (χ4v) is 1.08. The Balaban J connectivity index is 3.43. The first-order valence-electron chi connectivity index (χ1n) is 5.44. The van der Waals surface area contributed by atoms with Crippen LogP contribution in [0.3, 0.4) is 0 Å². The van der Waals surface area contributed by atoms with Gasteiger partial charge in [-0.25, -0.2) is 0 Å². The zero-order valence-corrected chi connectivity index (χ0v) is 9.51. The Morgan fingerprint density at radius 3 is 2.06 bits per heavy atom. The van der Waals surface area contributed by atoms with Gasteiger partial charge in [0.25, 0.3) is 0 Å². The third kappa shape index (κ3) is 10.3. The first kappa shape index (κ1) is 15.8. The lowest BCUT2D eigenvalue weighted by molar-refractivity contribution is -0.0523.